The predicted molar refractivity (Wildman–Crippen MR) is 116 cm³/mol. The monoisotopic (exact) mass is 426 g/mol. The summed E-state index contributed by atoms with van der Waals surface area (Å²) in [7, 11) is 3.26. The lowest BCUT2D eigenvalue weighted by molar-refractivity contribution is 0.0962. The van der Waals surface area contributed by atoms with Crippen LogP contribution in [0.3, 0.4) is 0 Å². The first-order valence-electron chi connectivity index (χ1n) is 10.1. The number of hydrogen-bond donors (Lipinski definition) is 0. The van der Waals surface area contributed by atoms with Crippen molar-refractivity contribution in [2.45, 2.75) is 44.2 Å². The molecule has 7 nitrogen and oxygen atoms in total. The van der Waals surface area contributed by atoms with Gasteiger partial charge >= 0.3 is 0 Å². The van der Waals surface area contributed by atoms with Gasteiger partial charge in [-0.1, -0.05) is 31.7 Å². The van der Waals surface area contributed by atoms with Crippen LogP contribution >= 0.6 is 11.8 Å². The first kappa shape index (κ1) is 20.7. The molecule has 1 atom stereocenters. The average molecular weight is 427 g/mol. The number of fused-ring (bicyclic) bond motifs is 2. The zero-order valence-electron chi connectivity index (χ0n) is 17.7. The van der Waals surface area contributed by atoms with Crippen LogP contribution in [0.25, 0.3) is 5.78 Å². The number of Topliss-reactive ketones (excluding diaryl/α,β-unsaturated/α-hetero) is 1. The summed E-state index contributed by atoms with van der Waals surface area (Å²) in [5, 5.41) is 5.20. The van der Waals surface area contributed by atoms with E-state index < -0.39 is 0 Å². The second-order valence-electron chi connectivity index (χ2n) is 7.91. The molecule has 0 amide bonds. The Balaban J connectivity index is 1.62. The van der Waals surface area contributed by atoms with E-state index in [-0.39, 0.29) is 11.7 Å². The number of ketones is 1. The molecular weight excluding hydrogens is 400 g/mol. The Hall–Kier alpha value is -2.61. The van der Waals surface area contributed by atoms with Gasteiger partial charge in [-0.3, -0.25) is 4.79 Å². The number of carbonyl (C=O) groups excluding carboxylic acids is 1. The molecule has 0 aliphatic heterocycles. The summed E-state index contributed by atoms with van der Waals surface area (Å²) in [4.78, 5) is 22.1. The summed E-state index contributed by atoms with van der Waals surface area (Å²) < 4.78 is 12.5. The van der Waals surface area contributed by atoms with Crippen LogP contribution in [-0.2, 0) is 6.42 Å². The van der Waals surface area contributed by atoms with Crippen LogP contribution in [0.1, 0.15) is 54.2 Å². The highest BCUT2D eigenvalue weighted by Gasteiger charge is 2.30. The van der Waals surface area contributed by atoms with Crippen molar-refractivity contribution in [3.63, 3.8) is 0 Å². The molecule has 3 aromatic rings. The average Bonchev–Trinajstić information content (AvgIpc) is 3.13. The van der Waals surface area contributed by atoms with E-state index in [2.05, 4.69) is 28.9 Å². The van der Waals surface area contributed by atoms with Gasteiger partial charge in [-0.15, -0.1) is 5.10 Å². The van der Waals surface area contributed by atoms with Gasteiger partial charge in [0.15, 0.2) is 5.78 Å². The number of rotatable bonds is 7. The quantitative estimate of drug-likeness (QED) is 0.524. The second kappa shape index (κ2) is 8.63. The van der Waals surface area contributed by atoms with E-state index in [0.717, 1.165) is 34.9 Å². The van der Waals surface area contributed by atoms with E-state index in [1.165, 1.54) is 0 Å². The van der Waals surface area contributed by atoms with Gasteiger partial charge in [0.2, 0.25) is 5.16 Å². The molecule has 30 heavy (non-hydrogen) atoms. The molecule has 0 radical (unpaired) electrons. The number of thioether (sulfide) groups is 1. The minimum atomic E-state index is 0.00335. The zero-order valence-corrected chi connectivity index (χ0v) is 18.5. The van der Waals surface area contributed by atoms with Gasteiger partial charge in [-0.2, -0.15) is 4.98 Å². The number of carbonyl (C=O) groups is 1. The maximum absolute atomic E-state index is 12.9. The van der Waals surface area contributed by atoms with E-state index in [0.29, 0.717) is 35.3 Å². The smallest absolute Gasteiger partial charge is 0.253 e. The van der Waals surface area contributed by atoms with Crippen LogP contribution in [0.5, 0.6) is 11.5 Å². The first-order chi connectivity index (χ1) is 14.5. The molecule has 0 saturated heterocycles. The van der Waals surface area contributed by atoms with Crippen molar-refractivity contribution >= 4 is 23.3 Å². The number of methoxy groups -OCH3 is 2. The van der Waals surface area contributed by atoms with Crippen molar-refractivity contribution in [3.05, 3.63) is 41.2 Å². The lowest BCUT2D eigenvalue weighted by Crippen LogP contribution is -2.21. The molecule has 0 saturated carbocycles. The summed E-state index contributed by atoms with van der Waals surface area (Å²) in [6.45, 7) is 4.40. The first-order valence-corrected chi connectivity index (χ1v) is 11.1. The van der Waals surface area contributed by atoms with Gasteiger partial charge in [0, 0.05) is 30.4 Å². The molecule has 0 spiro atoms. The minimum absolute atomic E-state index is 0.00335. The Kier molecular flexibility index (Phi) is 5.94. The number of ether oxygens (including phenoxy) is 2. The van der Waals surface area contributed by atoms with Gasteiger partial charge in [0.05, 0.1) is 25.5 Å². The third-order valence-corrected chi connectivity index (χ3v) is 6.24. The summed E-state index contributed by atoms with van der Waals surface area (Å²) in [6.07, 6.45) is 3.95. The number of hydrogen-bond acceptors (Lipinski definition) is 7. The topological polar surface area (TPSA) is 78.6 Å². The van der Waals surface area contributed by atoms with Crippen molar-refractivity contribution in [2.24, 2.45) is 5.92 Å². The fourth-order valence-corrected chi connectivity index (χ4v) is 4.75. The van der Waals surface area contributed by atoms with Gasteiger partial charge < -0.3 is 9.47 Å². The van der Waals surface area contributed by atoms with E-state index in [4.69, 9.17) is 9.47 Å². The second-order valence-corrected chi connectivity index (χ2v) is 8.97. The summed E-state index contributed by atoms with van der Waals surface area (Å²) in [5.41, 5.74) is 2.40. The Morgan fingerprint density at radius 1 is 1.20 bits per heavy atom. The van der Waals surface area contributed by atoms with E-state index in [1.807, 2.05) is 18.2 Å². The molecule has 1 aromatic carbocycles. The maximum Gasteiger partial charge on any atom is 0.253 e. The molecule has 2 heterocycles. The van der Waals surface area contributed by atoms with Crippen LogP contribution in [0.15, 0.2) is 29.6 Å². The molecule has 1 aliphatic carbocycles. The van der Waals surface area contributed by atoms with Crippen molar-refractivity contribution in [2.75, 3.05) is 20.0 Å². The predicted octanol–water partition coefficient (Wildman–Crippen LogP) is 4.19. The Labute approximate surface area is 180 Å². The number of nitrogens with zero attached hydrogens (tertiary/aromatic N) is 4. The highest BCUT2D eigenvalue weighted by atomic mass is 32.2. The van der Waals surface area contributed by atoms with Crippen LogP contribution in [0, 0.1) is 5.92 Å². The van der Waals surface area contributed by atoms with Crippen molar-refractivity contribution in [1.82, 2.24) is 19.6 Å². The summed E-state index contributed by atoms with van der Waals surface area (Å²) >= 11 is 1.63. The van der Waals surface area contributed by atoms with Gasteiger partial charge in [-0.25, -0.2) is 9.50 Å². The fourth-order valence-electron chi connectivity index (χ4n) is 3.69. The highest BCUT2D eigenvalue weighted by molar-refractivity contribution is 7.99. The van der Waals surface area contributed by atoms with Crippen LogP contribution < -0.4 is 9.47 Å². The Morgan fingerprint density at radius 2 is 2.03 bits per heavy atom. The van der Waals surface area contributed by atoms with Crippen molar-refractivity contribution < 1.29 is 14.3 Å². The van der Waals surface area contributed by atoms with E-state index in [9.17, 15) is 4.79 Å². The van der Waals surface area contributed by atoms with Crippen LogP contribution in [0.2, 0.25) is 0 Å². The van der Waals surface area contributed by atoms with Gasteiger partial charge in [0.25, 0.3) is 5.78 Å². The van der Waals surface area contributed by atoms with Crippen LogP contribution in [-0.4, -0.2) is 45.3 Å². The maximum atomic E-state index is 12.9. The molecule has 8 heteroatoms. The summed E-state index contributed by atoms with van der Waals surface area (Å²) in [5.74, 6) is 3.67. The van der Waals surface area contributed by atoms with Crippen molar-refractivity contribution in [1.29, 1.82) is 0 Å². The lowest BCUT2D eigenvalue weighted by Gasteiger charge is -2.24. The number of aromatic nitrogens is 4. The largest absolute Gasteiger partial charge is 0.497 e. The molecule has 0 bridgehead atoms. The molecule has 0 fully saturated rings. The van der Waals surface area contributed by atoms with Crippen molar-refractivity contribution in [3.8, 4) is 11.5 Å². The van der Waals surface area contributed by atoms with E-state index in [1.54, 1.807) is 36.7 Å². The Bertz CT molecular complexity index is 1080. The molecule has 4 rings (SSSR count). The van der Waals surface area contributed by atoms with Gasteiger partial charge in [0.1, 0.15) is 11.5 Å². The molecule has 1 aliphatic rings. The van der Waals surface area contributed by atoms with E-state index >= 15 is 0 Å². The standard InChI is InChI=1S/C22H26N4O3S/c1-13(2)7-8-30-22-24-21-23-18-9-14(10-19(27)17(18)12-26(21)25-22)16-6-5-15(28-3)11-20(16)29-4/h5-6,11-14H,7-10H2,1-4H3/t14-/m1/s1. The third kappa shape index (κ3) is 4.14. The molecular formula is C22H26N4O3S. The number of benzene rings is 1. The highest BCUT2D eigenvalue weighted by Crippen LogP contribution is 2.38. The lowest BCUT2D eigenvalue weighted by atomic mass is 9.82. The fraction of sp³-hybridized carbons (Fsp3) is 0.455. The normalized spacial score (nSPS) is 16.2. The SMILES string of the molecule is COc1ccc([C@H]2CC(=O)c3cn4nc(SCCC(C)C)nc4nc3C2)c(OC)c1. The Morgan fingerprint density at radius 3 is 2.77 bits per heavy atom. The summed E-state index contributed by atoms with van der Waals surface area (Å²) in [6, 6.07) is 5.72. The minimum Gasteiger partial charge on any atom is -0.497 e. The van der Waals surface area contributed by atoms with Gasteiger partial charge in [-0.05, 0) is 30.4 Å². The molecule has 0 unspecified atom stereocenters. The third-order valence-electron chi connectivity index (χ3n) is 5.37. The molecule has 0 N–H and O–H groups in total. The van der Waals surface area contributed by atoms with Crippen LogP contribution in [0.4, 0.5) is 0 Å². The zero-order chi connectivity index (χ0) is 21.3. The molecule has 2 aromatic heterocycles. The molecule has 158 valence electrons.